The van der Waals surface area contributed by atoms with Gasteiger partial charge in [0.25, 0.3) is 0 Å². The average molecular weight is 227 g/mol. The molecule has 84 valence electrons. The number of nitrogens with zero attached hydrogens (tertiary/aromatic N) is 1. The zero-order valence-corrected chi connectivity index (χ0v) is 10.7. The third-order valence-corrected chi connectivity index (χ3v) is 2.87. The van der Waals surface area contributed by atoms with Crippen LogP contribution in [0.1, 0.15) is 41.1 Å². The summed E-state index contributed by atoms with van der Waals surface area (Å²) in [5.74, 6) is -0.344. The number of carbonyl (C=O) groups excluding carboxylic acids is 1. The van der Waals surface area contributed by atoms with E-state index in [2.05, 4.69) is 30.5 Å². The first-order valence-corrected chi connectivity index (χ1v) is 5.70. The Kier molecular flexibility index (Phi) is 3.50. The Labute approximate surface area is 94.5 Å². The van der Waals surface area contributed by atoms with Gasteiger partial charge in [-0.3, -0.25) is 0 Å². The molecule has 1 aromatic heterocycles. The van der Waals surface area contributed by atoms with Crippen molar-refractivity contribution >= 4 is 17.3 Å². The van der Waals surface area contributed by atoms with Crippen LogP contribution in [-0.4, -0.2) is 18.1 Å². The summed E-state index contributed by atoms with van der Waals surface area (Å²) in [7, 11) is 1.38. The second-order valence-corrected chi connectivity index (χ2v) is 6.03. The predicted molar refractivity (Wildman–Crippen MR) is 61.3 cm³/mol. The lowest BCUT2D eigenvalue weighted by atomic mass is 9.93. The number of rotatable bonds is 2. The summed E-state index contributed by atoms with van der Waals surface area (Å²) in [6, 6.07) is 0. The van der Waals surface area contributed by atoms with Gasteiger partial charge in [0.2, 0.25) is 0 Å². The first-order valence-electron chi connectivity index (χ1n) is 4.88. The molecule has 1 rings (SSSR count). The van der Waals surface area contributed by atoms with Crippen LogP contribution in [-0.2, 0) is 11.2 Å². The summed E-state index contributed by atoms with van der Waals surface area (Å²) in [5, 5.41) is 1.00. The van der Waals surface area contributed by atoms with Crippen molar-refractivity contribution in [1.82, 2.24) is 4.98 Å². The van der Waals surface area contributed by atoms with Gasteiger partial charge >= 0.3 is 5.97 Å². The summed E-state index contributed by atoms with van der Waals surface area (Å²) in [6.45, 7) is 8.36. The molecule has 0 aliphatic rings. The van der Waals surface area contributed by atoms with E-state index >= 15 is 0 Å². The highest BCUT2D eigenvalue weighted by molar-refractivity contribution is 7.11. The molecule has 4 heteroatoms. The molecule has 0 saturated heterocycles. The number of ether oxygens (including phenoxy) is 1. The normalized spacial score (nSPS) is 11.5. The SMILES string of the molecule is COC(=O)c1nc(CC(C)(C)C)sc1C. The maximum atomic E-state index is 11.3. The van der Waals surface area contributed by atoms with Gasteiger partial charge in [0, 0.05) is 11.3 Å². The Morgan fingerprint density at radius 1 is 1.47 bits per heavy atom. The second-order valence-electron chi connectivity index (χ2n) is 4.74. The molecule has 0 bridgehead atoms. The van der Waals surface area contributed by atoms with Crippen molar-refractivity contribution in [2.45, 2.75) is 34.1 Å². The number of aromatic nitrogens is 1. The van der Waals surface area contributed by atoms with Gasteiger partial charge in [-0.05, 0) is 12.3 Å². The van der Waals surface area contributed by atoms with Gasteiger partial charge in [0.15, 0.2) is 5.69 Å². The zero-order chi connectivity index (χ0) is 11.6. The number of hydrogen-bond donors (Lipinski definition) is 0. The second kappa shape index (κ2) is 4.31. The van der Waals surface area contributed by atoms with E-state index in [1.807, 2.05) is 6.92 Å². The number of aryl methyl sites for hydroxylation is 1. The monoisotopic (exact) mass is 227 g/mol. The fourth-order valence-electron chi connectivity index (χ4n) is 1.27. The van der Waals surface area contributed by atoms with Crippen molar-refractivity contribution in [2.75, 3.05) is 7.11 Å². The number of carbonyl (C=O) groups is 1. The molecule has 0 fully saturated rings. The van der Waals surface area contributed by atoms with E-state index in [-0.39, 0.29) is 11.4 Å². The highest BCUT2D eigenvalue weighted by Crippen LogP contribution is 2.26. The highest BCUT2D eigenvalue weighted by Gasteiger charge is 2.19. The topological polar surface area (TPSA) is 39.2 Å². The van der Waals surface area contributed by atoms with Crippen molar-refractivity contribution in [3.8, 4) is 0 Å². The number of thiazole rings is 1. The highest BCUT2D eigenvalue weighted by atomic mass is 32.1. The minimum Gasteiger partial charge on any atom is -0.464 e. The molecule has 1 aromatic rings. The fraction of sp³-hybridized carbons (Fsp3) is 0.636. The summed E-state index contributed by atoms with van der Waals surface area (Å²) < 4.78 is 4.67. The third-order valence-electron chi connectivity index (χ3n) is 1.90. The summed E-state index contributed by atoms with van der Waals surface area (Å²) in [4.78, 5) is 16.6. The van der Waals surface area contributed by atoms with Gasteiger partial charge in [-0.2, -0.15) is 0 Å². The molecular weight excluding hydrogens is 210 g/mol. The Morgan fingerprint density at radius 3 is 2.53 bits per heavy atom. The van der Waals surface area contributed by atoms with Crippen LogP contribution in [0.4, 0.5) is 0 Å². The Balaban J connectivity index is 2.91. The number of esters is 1. The number of hydrogen-bond acceptors (Lipinski definition) is 4. The Bertz CT molecular complexity index is 363. The van der Waals surface area contributed by atoms with Crippen LogP contribution in [0.3, 0.4) is 0 Å². The molecule has 0 spiro atoms. The van der Waals surface area contributed by atoms with Crippen LogP contribution in [0.5, 0.6) is 0 Å². The van der Waals surface area contributed by atoms with Crippen LogP contribution in [0, 0.1) is 12.3 Å². The lowest BCUT2D eigenvalue weighted by molar-refractivity contribution is 0.0594. The van der Waals surface area contributed by atoms with Crippen molar-refractivity contribution in [2.24, 2.45) is 5.41 Å². The van der Waals surface area contributed by atoms with Crippen LogP contribution >= 0.6 is 11.3 Å². The largest absolute Gasteiger partial charge is 0.464 e. The van der Waals surface area contributed by atoms with Crippen LogP contribution in [0.2, 0.25) is 0 Å². The van der Waals surface area contributed by atoms with Crippen molar-refractivity contribution in [1.29, 1.82) is 0 Å². The van der Waals surface area contributed by atoms with Crippen LogP contribution < -0.4 is 0 Å². The number of methoxy groups -OCH3 is 1. The molecule has 0 saturated carbocycles. The average Bonchev–Trinajstić information content (AvgIpc) is 2.42. The van der Waals surface area contributed by atoms with E-state index in [4.69, 9.17) is 0 Å². The quantitative estimate of drug-likeness (QED) is 0.729. The van der Waals surface area contributed by atoms with Gasteiger partial charge in [0.05, 0.1) is 12.1 Å². The Hall–Kier alpha value is -0.900. The molecular formula is C11H17NO2S. The fourth-order valence-corrected chi connectivity index (χ4v) is 2.49. The molecule has 0 amide bonds. The first kappa shape index (κ1) is 12.2. The molecule has 0 unspecified atom stereocenters. The Morgan fingerprint density at radius 2 is 2.07 bits per heavy atom. The van der Waals surface area contributed by atoms with Crippen molar-refractivity contribution < 1.29 is 9.53 Å². The molecule has 0 aliphatic heterocycles. The minimum absolute atomic E-state index is 0.192. The van der Waals surface area contributed by atoms with E-state index < -0.39 is 0 Å². The zero-order valence-electron chi connectivity index (χ0n) is 9.88. The smallest absolute Gasteiger partial charge is 0.357 e. The lowest BCUT2D eigenvalue weighted by Gasteiger charge is -2.15. The molecule has 3 nitrogen and oxygen atoms in total. The van der Waals surface area contributed by atoms with Crippen LogP contribution in [0.25, 0.3) is 0 Å². The maximum absolute atomic E-state index is 11.3. The minimum atomic E-state index is -0.344. The summed E-state index contributed by atoms with van der Waals surface area (Å²) in [6.07, 6.45) is 0.884. The standard InChI is InChI=1S/C11H17NO2S/c1-7-9(10(13)14-5)12-8(15-7)6-11(2,3)4/h6H2,1-5H3. The van der Waals surface area contributed by atoms with Gasteiger partial charge in [-0.25, -0.2) is 9.78 Å². The summed E-state index contributed by atoms with van der Waals surface area (Å²) in [5.41, 5.74) is 0.652. The molecule has 1 heterocycles. The molecule has 0 atom stereocenters. The molecule has 0 N–H and O–H groups in total. The van der Waals surface area contributed by atoms with E-state index in [9.17, 15) is 4.79 Å². The molecule has 0 radical (unpaired) electrons. The maximum Gasteiger partial charge on any atom is 0.357 e. The van der Waals surface area contributed by atoms with Crippen molar-refractivity contribution in [3.63, 3.8) is 0 Å². The molecule has 0 aromatic carbocycles. The van der Waals surface area contributed by atoms with E-state index in [1.54, 1.807) is 11.3 Å². The molecule has 0 aliphatic carbocycles. The van der Waals surface area contributed by atoms with Gasteiger partial charge in [0.1, 0.15) is 0 Å². The van der Waals surface area contributed by atoms with Gasteiger partial charge in [-0.15, -0.1) is 11.3 Å². The van der Waals surface area contributed by atoms with Gasteiger partial charge in [-0.1, -0.05) is 20.8 Å². The van der Waals surface area contributed by atoms with E-state index in [0.29, 0.717) is 5.69 Å². The first-order chi connectivity index (χ1) is 6.83. The lowest BCUT2D eigenvalue weighted by Crippen LogP contribution is -2.09. The summed E-state index contributed by atoms with van der Waals surface area (Å²) >= 11 is 1.57. The predicted octanol–water partition coefficient (Wildman–Crippen LogP) is 2.83. The van der Waals surface area contributed by atoms with E-state index in [1.165, 1.54) is 7.11 Å². The van der Waals surface area contributed by atoms with Crippen LogP contribution in [0.15, 0.2) is 0 Å². The third kappa shape index (κ3) is 3.30. The van der Waals surface area contributed by atoms with Crippen molar-refractivity contribution in [3.05, 3.63) is 15.6 Å². The van der Waals surface area contributed by atoms with E-state index in [0.717, 1.165) is 16.3 Å². The van der Waals surface area contributed by atoms with Gasteiger partial charge < -0.3 is 4.74 Å². The molecule has 15 heavy (non-hydrogen) atoms.